The number of rotatable bonds is 3. The van der Waals surface area contributed by atoms with E-state index in [2.05, 4.69) is 18.0 Å². The molecule has 28 heavy (non-hydrogen) atoms. The number of phenolic OH excluding ortho intramolecular Hbond substituents is 1. The Balaban J connectivity index is 1.80. The molecule has 5 heteroatoms. The van der Waals surface area contributed by atoms with Crippen molar-refractivity contribution >= 4 is 34.6 Å². The van der Waals surface area contributed by atoms with E-state index in [0.717, 1.165) is 46.1 Å². The summed E-state index contributed by atoms with van der Waals surface area (Å²) < 4.78 is 0. The summed E-state index contributed by atoms with van der Waals surface area (Å²) in [5, 5.41) is 11.1. The van der Waals surface area contributed by atoms with Gasteiger partial charge in [0.25, 0.3) is 0 Å². The van der Waals surface area contributed by atoms with Gasteiger partial charge in [-0.15, -0.1) is 0 Å². The maximum atomic E-state index is 9.68. The van der Waals surface area contributed by atoms with Gasteiger partial charge in [-0.1, -0.05) is 35.3 Å². The predicted octanol–water partition coefficient (Wildman–Crippen LogP) is 5.60. The average Bonchev–Trinajstić information content (AvgIpc) is 2.79. The van der Waals surface area contributed by atoms with Crippen molar-refractivity contribution in [2.24, 2.45) is 4.99 Å². The molecule has 0 aliphatic carbocycles. The topological polar surface area (TPSA) is 35.8 Å². The van der Waals surface area contributed by atoms with Crippen LogP contribution in [0.1, 0.15) is 16.7 Å². The van der Waals surface area contributed by atoms with Crippen LogP contribution in [0.3, 0.4) is 0 Å². The van der Waals surface area contributed by atoms with E-state index in [1.807, 2.05) is 48.5 Å². The van der Waals surface area contributed by atoms with Crippen LogP contribution in [-0.2, 0) is 6.42 Å². The molecule has 1 heterocycles. The molecule has 1 atom stereocenters. The standard InChI is InChI=1S/C23H20Cl2N2O/c1-27-14-19(12-15-3-2-4-17(24)11-15)26-23(16-5-8-20(28)9-6-16)21-13-18(25)7-10-22(21)27/h2-11,13,19,28H,12,14H2,1H3. The Morgan fingerprint density at radius 1 is 1.00 bits per heavy atom. The number of benzodiazepines with no additional fused rings is 1. The molecule has 4 rings (SSSR count). The summed E-state index contributed by atoms with van der Waals surface area (Å²) in [4.78, 5) is 7.34. The highest BCUT2D eigenvalue weighted by atomic mass is 35.5. The summed E-state index contributed by atoms with van der Waals surface area (Å²) >= 11 is 12.5. The maximum absolute atomic E-state index is 9.68. The number of halogens is 2. The SMILES string of the molecule is CN1CC(Cc2cccc(Cl)c2)N=C(c2ccc(O)cc2)c2cc(Cl)ccc21. The van der Waals surface area contributed by atoms with Crippen LogP contribution in [0, 0.1) is 0 Å². The number of aliphatic imine (C=N–C) groups is 1. The molecule has 0 spiro atoms. The van der Waals surface area contributed by atoms with Crippen LogP contribution in [0.25, 0.3) is 0 Å². The molecule has 0 aromatic heterocycles. The first-order valence-electron chi connectivity index (χ1n) is 9.12. The second-order valence-corrected chi connectivity index (χ2v) is 7.93. The fourth-order valence-corrected chi connectivity index (χ4v) is 4.02. The number of fused-ring (bicyclic) bond motifs is 1. The van der Waals surface area contributed by atoms with Crippen molar-refractivity contribution < 1.29 is 5.11 Å². The van der Waals surface area contributed by atoms with Gasteiger partial charge in [-0.05, 0) is 66.6 Å². The van der Waals surface area contributed by atoms with E-state index in [0.29, 0.717) is 5.02 Å². The van der Waals surface area contributed by atoms with Gasteiger partial charge in [0.2, 0.25) is 0 Å². The van der Waals surface area contributed by atoms with Crippen molar-refractivity contribution in [3.63, 3.8) is 0 Å². The number of phenols is 1. The lowest BCUT2D eigenvalue weighted by atomic mass is 10.00. The lowest BCUT2D eigenvalue weighted by Crippen LogP contribution is -2.28. The molecule has 0 amide bonds. The Kier molecular flexibility index (Phi) is 5.29. The first-order chi connectivity index (χ1) is 13.5. The minimum Gasteiger partial charge on any atom is -0.508 e. The van der Waals surface area contributed by atoms with Crippen molar-refractivity contribution in [2.75, 3.05) is 18.5 Å². The summed E-state index contributed by atoms with van der Waals surface area (Å²) in [5.74, 6) is 0.233. The van der Waals surface area contributed by atoms with E-state index in [-0.39, 0.29) is 11.8 Å². The van der Waals surface area contributed by atoms with Crippen LogP contribution in [-0.4, -0.2) is 30.5 Å². The molecule has 1 unspecified atom stereocenters. The molecule has 3 aromatic carbocycles. The zero-order valence-corrected chi connectivity index (χ0v) is 17.0. The molecule has 1 aliphatic heterocycles. The van der Waals surface area contributed by atoms with Crippen LogP contribution in [0.4, 0.5) is 5.69 Å². The smallest absolute Gasteiger partial charge is 0.115 e. The van der Waals surface area contributed by atoms with Crippen LogP contribution < -0.4 is 4.90 Å². The van der Waals surface area contributed by atoms with Crippen molar-refractivity contribution in [3.8, 4) is 5.75 Å². The lowest BCUT2D eigenvalue weighted by Gasteiger charge is -2.22. The Morgan fingerprint density at radius 2 is 1.75 bits per heavy atom. The van der Waals surface area contributed by atoms with Gasteiger partial charge in [-0.25, -0.2) is 0 Å². The first kappa shape index (κ1) is 18.9. The summed E-state index contributed by atoms with van der Waals surface area (Å²) in [6.45, 7) is 0.780. The Hall–Kier alpha value is -2.49. The molecule has 0 saturated heterocycles. The highest BCUT2D eigenvalue weighted by molar-refractivity contribution is 6.31. The van der Waals surface area contributed by atoms with Gasteiger partial charge in [0, 0.05) is 40.5 Å². The average molecular weight is 411 g/mol. The Labute approximate surface area is 174 Å². The number of aromatic hydroxyl groups is 1. The van der Waals surface area contributed by atoms with Crippen molar-refractivity contribution in [2.45, 2.75) is 12.5 Å². The minimum absolute atomic E-state index is 0.0541. The number of anilines is 1. The minimum atomic E-state index is 0.0541. The normalized spacial score (nSPS) is 16.3. The molecule has 1 aliphatic rings. The molecule has 0 radical (unpaired) electrons. The zero-order chi connectivity index (χ0) is 19.7. The molecular weight excluding hydrogens is 391 g/mol. The Bertz CT molecular complexity index is 1030. The number of nitrogens with zero attached hydrogens (tertiary/aromatic N) is 2. The summed E-state index contributed by atoms with van der Waals surface area (Å²) in [6.07, 6.45) is 0.786. The van der Waals surface area contributed by atoms with Gasteiger partial charge < -0.3 is 10.0 Å². The summed E-state index contributed by atoms with van der Waals surface area (Å²) in [6, 6.07) is 21.0. The van der Waals surface area contributed by atoms with Gasteiger partial charge in [-0.2, -0.15) is 0 Å². The predicted molar refractivity (Wildman–Crippen MR) is 117 cm³/mol. The van der Waals surface area contributed by atoms with E-state index < -0.39 is 0 Å². The van der Waals surface area contributed by atoms with Crippen molar-refractivity contribution in [1.29, 1.82) is 0 Å². The van der Waals surface area contributed by atoms with Gasteiger partial charge in [0.05, 0.1) is 11.8 Å². The second-order valence-electron chi connectivity index (χ2n) is 7.05. The molecule has 0 bridgehead atoms. The van der Waals surface area contributed by atoms with E-state index in [9.17, 15) is 5.11 Å². The second kappa shape index (κ2) is 7.86. The summed E-state index contributed by atoms with van der Waals surface area (Å²) in [7, 11) is 2.08. The molecular formula is C23H20Cl2N2O. The third-order valence-corrected chi connectivity index (χ3v) is 5.39. The monoisotopic (exact) mass is 410 g/mol. The molecule has 142 valence electrons. The van der Waals surface area contributed by atoms with Crippen LogP contribution >= 0.6 is 23.2 Å². The van der Waals surface area contributed by atoms with Gasteiger partial charge in [0.15, 0.2) is 0 Å². The largest absolute Gasteiger partial charge is 0.508 e. The summed E-state index contributed by atoms with van der Waals surface area (Å²) in [5.41, 5.74) is 5.07. The van der Waals surface area contributed by atoms with Crippen molar-refractivity contribution in [3.05, 3.63) is 93.5 Å². The molecule has 3 aromatic rings. The van der Waals surface area contributed by atoms with Crippen LogP contribution in [0.5, 0.6) is 5.75 Å². The number of hydrogen-bond acceptors (Lipinski definition) is 3. The van der Waals surface area contributed by atoms with E-state index in [1.54, 1.807) is 12.1 Å². The fraction of sp³-hybridized carbons (Fsp3) is 0.174. The maximum Gasteiger partial charge on any atom is 0.115 e. The van der Waals surface area contributed by atoms with Gasteiger partial charge in [0.1, 0.15) is 5.75 Å². The third-order valence-electron chi connectivity index (χ3n) is 4.92. The number of likely N-dealkylation sites (N-methyl/N-ethyl adjacent to an activating group) is 1. The third kappa shape index (κ3) is 4.01. The molecule has 0 fully saturated rings. The van der Waals surface area contributed by atoms with Gasteiger partial charge in [-0.3, -0.25) is 4.99 Å². The fourth-order valence-electron chi connectivity index (χ4n) is 3.63. The van der Waals surface area contributed by atoms with E-state index >= 15 is 0 Å². The quantitative estimate of drug-likeness (QED) is 0.609. The highest BCUT2D eigenvalue weighted by Gasteiger charge is 2.23. The molecule has 3 nitrogen and oxygen atoms in total. The van der Waals surface area contributed by atoms with Gasteiger partial charge >= 0.3 is 0 Å². The van der Waals surface area contributed by atoms with E-state index in [1.165, 1.54) is 0 Å². The molecule has 1 N–H and O–H groups in total. The number of benzene rings is 3. The highest BCUT2D eigenvalue weighted by Crippen LogP contribution is 2.31. The van der Waals surface area contributed by atoms with Crippen LogP contribution in [0.2, 0.25) is 10.0 Å². The first-order valence-corrected chi connectivity index (χ1v) is 9.88. The van der Waals surface area contributed by atoms with Crippen molar-refractivity contribution in [1.82, 2.24) is 0 Å². The lowest BCUT2D eigenvalue weighted by molar-refractivity contribution is 0.475. The Morgan fingerprint density at radius 3 is 2.50 bits per heavy atom. The van der Waals surface area contributed by atoms with Crippen LogP contribution in [0.15, 0.2) is 71.7 Å². The molecule has 0 saturated carbocycles. The number of hydrogen-bond donors (Lipinski definition) is 1. The van der Waals surface area contributed by atoms with E-state index in [4.69, 9.17) is 28.2 Å². The zero-order valence-electron chi connectivity index (χ0n) is 15.4.